The molecule has 2 unspecified atom stereocenters. The molecule has 2 atom stereocenters. The molecule has 29 heavy (non-hydrogen) atoms. The number of nitrogens with zero attached hydrogens (tertiary/aromatic N) is 3. The van der Waals surface area contributed by atoms with Crippen LogP contribution in [0.25, 0.3) is 0 Å². The Morgan fingerprint density at radius 1 is 1.48 bits per heavy atom. The minimum absolute atomic E-state index is 0.0669. The topological polar surface area (TPSA) is 96.7 Å². The minimum Gasteiger partial charge on any atom is -0.393 e. The summed E-state index contributed by atoms with van der Waals surface area (Å²) in [5.74, 6) is -1.50. The highest BCUT2D eigenvalue weighted by Crippen LogP contribution is 2.31. The zero-order valence-corrected chi connectivity index (χ0v) is 16.4. The molecule has 1 aromatic heterocycles. The number of amides is 2. The number of nitrogens with one attached hydrogen (secondary N) is 1. The van der Waals surface area contributed by atoms with Gasteiger partial charge in [0.1, 0.15) is 17.6 Å². The smallest absolute Gasteiger partial charge is 0.295 e. The highest BCUT2D eigenvalue weighted by Gasteiger charge is 2.36. The van der Waals surface area contributed by atoms with Crippen molar-refractivity contribution in [1.29, 1.82) is 0 Å². The second-order valence-corrected chi connectivity index (χ2v) is 7.63. The Hall–Kier alpha value is -2.49. The monoisotopic (exact) mass is 422 g/mol. The van der Waals surface area contributed by atoms with Crippen LogP contribution >= 0.6 is 11.6 Å². The number of aryl methyl sites for hydroxylation is 1. The number of carbonyl (C=O) groups excluding carboxylic acids is 2. The van der Waals surface area contributed by atoms with Crippen LogP contribution in [0.4, 0.5) is 10.1 Å². The van der Waals surface area contributed by atoms with E-state index in [1.165, 1.54) is 25.2 Å². The number of hydrogen-bond acceptors (Lipinski definition) is 5. The van der Waals surface area contributed by atoms with Crippen molar-refractivity contribution in [2.24, 2.45) is 5.92 Å². The molecular formula is C19H20ClFN4O4. The molecule has 8 nitrogen and oxygen atoms in total. The Bertz CT molecular complexity index is 979. The average molecular weight is 423 g/mol. The van der Waals surface area contributed by atoms with Gasteiger partial charge in [0, 0.05) is 24.2 Å². The van der Waals surface area contributed by atoms with Crippen molar-refractivity contribution in [1.82, 2.24) is 14.8 Å². The lowest BCUT2D eigenvalue weighted by Gasteiger charge is -2.22. The molecule has 10 heteroatoms. The van der Waals surface area contributed by atoms with Crippen LogP contribution in [0.15, 0.2) is 18.2 Å². The number of aliphatic hydroxyl groups is 1. The number of carbonyl (C=O) groups is 2. The molecule has 2 aromatic rings. The van der Waals surface area contributed by atoms with Crippen molar-refractivity contribution in [2.45, 2.75) is 31.9 Å². The first kappa shape index (κ1) is 19.8. The van der Waals surface area contributed by atoms with Crippen LogP contribution in [0.1, 0.15) is 28.2 Å². The summed E-state index contributed by atoms with van der Waals surface area (Å²) >= 11 is 5.77. The molecule has 0 bridgehead atoms. The summed E-state index contributed by atoms with van der Waals surface area (Å²) in [4.78, 5) is 31.0. The van der Waals surface area contributed by atoms with E-state index in [0.717, 1.165) is 16.3 Å². The predicted octanol–water partition coefficient (Wildman–Crippen LogP) is 1.80. The third kappa shape index (κ3) is 3.73. The third-order valence-corrected chi connectivity index (χ3v) is 5.54. The third-order valence-electron chi connectivity index (χ3n) is 5.25. The van der Waals surface area contributed by atoms with Gasteiger partial charge in [-0.3, -0.25) is 19.1 Å². The summed E-state index contributed by atoms with van der Waals surface area (Å²) in [5.41, 5.74) is 2.32. The molecule has 0 saturated heterocycles. The van der Waals surface area contributed by atoms with Gasteiger partial charge in [-0.25, -0.2) is 9.45 Å². The first-order valence-corrected chi connectivity index (χ1v) is 9.65. The molecule has 0 spiro atoms. The van der Waals surface area contributed by atoms with E-state index in [1.807, 2.05) is 0 Å². The molecule has 2 heterocycles. The normalized spacial score (nSPS) is 21.4. The van der Waals surface area contributed by atoms with Gasteiger partial charge in [0.25, 0.3) is 5.91 Å². The van der Waals surface area contributed by atoms with Crippen LogP contribution in [0.5, 0.6) is 0 Å². The molecule has 154 valence electrons. The van der Waals surface area contributed by atoms with E-state index >= 15 is 0 Å². The Morgan fingerprint density at radius 2 is 2.28 bits per heavy atom. The number of benzene rings is 1. The highest BCUT2D eigenvalue weighted by atomic mass is 35.5. The quantitative estimate of drug-likeness (QED) is 0.786. The number of fused-ring (bicyclic) bond motifs is 3. The standard InChI is InChI=1S/C19H20ClFN4O4/c1-24-19(28)17-13-6-10(18(27)22-11-3-4-15(21)14(20)7-11)2-5-16(13)23-25(17)8-12(9-26)29-24/h3-4,7,10,12,26H,2,5-6,8-9H2,1H3,(H,22,27). The first-order valence-electron chi connectivity index (χ1n) is 9.27. The maximum absolute atomic E-state index is 13.3. The van der Waals surface area contributed by atoms with Crippen molar-refractivity contribution in [3.05, 3.63) is 46.0 Å². The van der Waals surface area contributed by atoms with Crippen LogP contribution in [-0.2, 0) is 29.0 Å². The largest absolute Gasteiger partial charge is 0.393 e. The lowest BCUT2D eigenvalue weighted by atomic mass is 9.85. The molecule has 2 aliphatic rings. The predicted molar refractivity (Wildman–Crippen MR) is 102 cm³/mol. The fourth-order valence-corrected chi connectivity index (χ4v) is 3.96. The van der Waals surface area contributed by atoms with Crippen molar-refractivity contribution >= 4 is 29.1 Å². The fourth-order valence-electron chi connectivity index (χ4n) is 3.77. The van der Waals surface area contributed by atoms with Gasteiger partial charge in [0.05, 0.1) is 23.9 Å². The number of hydroxylamine groups is 2. The molecule has 1 aromatic carbocycles. The van der Waals surface area contributed by atoms with E-state index in [-0.39, 0.29) is 35.9 Å². The van der Waals surface area contributed by atoms with Crippen LogP contribution < -0.4 is 5.32 Å². The Morgan fingerprint density at radius 3 is 3.00 bits per heavy atom. The number of hydrogen-bond donors (Lipinski definition) is 2. The van der Waals surface area contributed by atoms with E-state index in [4.69, 9.17) is 16.4 Å². The molecule has 0 saturated carbocycles. The van der Waals surface area contributed by atoms with Gasteiger partial charge < -0.3 is 10.4 Å². The van der Waals surface area contributed by atoms with E-state index in [0.29, 0.717) is 30.6 Å². The Kier molecular flexibility index (Phi) is 5.28. The Labute approximate surface area is 171 Å². The molecular weight excluding hydrogens is 403 g/mol. The van der Waals surface area contributed by atoms with Crippen LogP contribution in [0.2, 0.25) is 5.02 Å². The molecule has 1 aliphatic carbocycles. The molecule has 4 rings (SSSR count). The number of rotatable bonds is 3. The van der Waals surface area contributed by atoms with Crippen LogP contribution in [0.3, 0.4) is 0 Å². The zero-order chi connectivity index (χ0) is 20.7. The average Bonchev–Trinajstić information content (AvgIpc) is 3.00. The lowest BCUT2D eigenvalue weighted by molar-refractivity contribution is -0.159. The summed E-state index contributed by atoms with van der Waals surface area (Å²) < 4.78 is 14.9. The van der Waals surface area contributed by atoms with Gasteiger partial charge in [0.2, 0.25) is 5.91 Å². The summed E-state index contributed by atoms with van der Waals surface area (Å²) in [6.45, 7) is 0.00665. The summed E-state index contributed by atoms with van der Waals surface area (Å²) in [5, 5.41) is 17.8. The van der Waals surface area contributed by atoms with E-state index in [2.05, 4.69) is 10.4 Å². The maximum Gasteiger partial charge on any atom is 0.295 e. The number of anilines is 1. The van der Waals surface area contributed by atoms with Gasteiger partial charge in [-0.05, 0) is 37.5 Å². The number of aromatic nitrogens is 2. The van der Waals surface area contributed by atoms with Crippen LogP contribution in [0, 0.1) is 11.7 Å². The van der Waals surface area contributed by atoms with Crippen LogP contribution in [-0.4, -0.2) is 51.5 Å². The Balaban J connectivity index is 1.57. The summed E-state index contributed by atoms with van der Waals surface area (Å²) in [7, 11) is 1.49. The summed E-state index contributed by atoms with van der Waals surface area (Å²) in [6, 6.07) is 4.00. The molecule has 0 radical (unpaired) electrons. The molecule has 0 fully saturated rings. The van der Waals surface area contributed by atoms with Gasteiger partial charge in [-0.2, -0.15) is 5.10 Å². The molecule has 2 amide bonds. The van der Waals surface area contributed by atoms with Crippen molar-refractivity contribution in [3.63, 3.8) is 0 Å². The summed E-state index contributed by atoms with van der Waals surface area (Å²) in [6.07, 6.45) is 0.913. The number of halogens is 2. The highest BCUT2D eigenvalue weighted by molar-refractivity contribution is 6.31. The van der Waals surface area contributed by atoms with Gasteiger partial charge in [-0.15, -0.1) is 0 Å². The minimum atomic E-state index is -0.575. The zero-order valence-electron chi connectivity index (χ0n) is 15.7. The van der Waals surface area contributed by atoms with Gasteiger partial charge >= 0.3 is 0 Å². The lowest BCUT2D eigenvalue weighted by Crippen LogP contribution is -2.33. The van der Waals surface area contributed by atoms with Gasteiger partial charge in [0.15, 0.2) is 0 Å². The molecule has 2 N–H and O–H groups in total. The van der Waals surface area contributed by atoms with Crippen molar-refractivity contribution in [3.8, 4) is 0 Å². The van der Waals surface area contributed by atoms with E-state index in [1.54, 1.807) is 4.68 Å². The van der Waals surface area contributed by atoms with Crippen molar-refractivity contribution < 1.29 is 23.9 Å². The second kappa shape index (κ2) is 7.74. The SMILES string of the molecule is CN1OC(CO)Cn2nc3c(c2C1=O)CC(C(=O)Nc1ccc(F)c(Cl)c1)CC3. The second-order valence-electron chi connectivity index (χ2n) is 7.23. The number of aliphatic hydroxyl groups excluding tert-OH is 1. The van der Waals surface area contributed by atoms with E-state index in [9.17, 15) is 19.1 Å². The molecule has 1 aliphatic heterocycles. The maximum atomic E-state index is 13.3. The first-order chi connectivity index (χ1) is 13.9. The van der Waals surface area contributed by atoms with E-state index < -0.39 is 11.9 Å². The fraction of sp³-hybridized carbons (Fsp3) is 0.421. The van der Waals surface area contributed by atoms with Gasteiger partial charge in [-0.1, -0.05) is 11.6 Å². The van der Waals surface area contributed by atoms with Crippen molar-refractivity contribution in [2.75, 3.05) is 19.0 Å².